The van der Waals surface area contributed by atoms with E-state index in [0.29, 0.717) is 11.8 Å². The molecule has 0 aliphatic rings. The molecule has 0 radical (unpaired) electrons. The van der Waals surface area contributed by atoms with Gasteiger partial charge in [0.25, 0.3) is 5.56 Å². The number of thioether (sulfide) groups is 1. The molecule has 1 N–H and O–H groups in total. The maximum Gasteiger partial charge on any atom is 0.418 e. The number of carbonyl (C=O) groups excluding carboxylic acids is 1. The van der Waals surface area contributed by atoms with E-state index in [9.17, 15) is 31.5 Å². The molecule has 5 nitrogen and oxygen atoms in total. The van der Waals surface area contributed by atoms with Crippen molar-refractivity contribution in [2.75, 3.05) is 11.1 Å². The molecule has 0 saturated carbocycles. The third-order valence-corrected chi connectivity index (χ3v) is 4.80. The molecule has 156 valence electrons. The van der Waals surface area contributed by atoms with E-state index < -0.39 is 46.3 Å². The van der Waals surface area contributed by atoms with Crippen LogP contribution in [0.4, 0.5) is 27.6 Å². The fourth-order valence-corrected chi connectivity index (χ4v) is 3.19. The van der Waals surface area contributed by atoms with Crippen LogP contribution in [0.15, 0.2) is 64.7 Å². The predicted molar refractivity (Wildman–Crippen MR) is 101 cm³/mol. The lowest BCUT2D eigenvalue weighted by molar-refractivity contribution is -0.137. The lowest BCUT2D eigenvalue weighted by Crippen LogP contribution is -2.22. The van der Waals surface area contributed by atoms with Gasteiger partial charge in [-0.2, -0.15) is 13.2 Å². The number of anilines is 1. The van der Waals surface area contributed by atoms with Crippen molar-refractivity contribution in [3.05, 3.63) is 82.4 Å². The predicted octanol–water partition coefficient (Wildman–Crippen LogP) is 4.26. The van der Waals surface area contributed by atoms with Crippen molar-refractivity contribution in [1.82, 2.24) is 9.55 Å². The first-order chi connectivity index (χ1) is 14.2. The van der Waals surface area contributed by atoms with E-state index in [-0.39, 0.29) is 10.7 Å². The van der Waals surface area contributed by atoms with E-state index in [0.717, 1.165) is 28.8 Å². The fourth-order valence-electron chi connectivity index (χ4n) is 2.49. The van der Waals surface area contributed by atoms with E-state index in [1.54, 1.807) is 0 Å². The minimum absolute atomic E-state index is 0.0479. The van der Waals surface area contributed by atoms with Crippen LogP contribution >= 0.6 is 11.8 Å². The van der Waals surface area contributed by atoms with Crippen molar-refractivity contribution < 1.29 is 26.7 Å². The highest BCUT2D eigenvalue weighted by molar-refractivity contribution is 7.99. The van der Waals surface area contributed by atoms with Crippen molar-refractivity contribution in [3.63, 3.8) is 0 Å². The summed E-state index contributed by atoms with van der Waals surface area (Å²) in [6.45, 7) is 0. The molecule has 0 atom stereocenters. The summed E-state index contributed by atoms with van der Waals surface area (Å²) in [5.74, 6) is -3.39. The Bertz CT molecular complexity index is 1150. The summed E-state index contributed by atoms with van der Waals surface area (Å²) in [7, 11) is 0. The number of nitrogens with one attached hydrogen (secondary N) is 1. The normalized spacial score (nSPS) is 11.4. The number of halogens is 5. The number of rotatable bonds is 5. The van der Waals surface area contributed by atoms with Gasteiger partial charge in [0.1, 0.15) is 0 Å². The number of hydrogen-bond acceptors (Lipinski definition) is 4. The van der Waals surface area contributed by atoms with E-state index in [4.69, 9.17) is 0 Å². The number of aromatic nitrogens is 2. The SMILES string of the molecule is O=C(CSc1nccn(-c2ccc(F)c(F)c2)c1=O)Nc1ccccc1C(F)(F)F. The average molecular weight is 441 g/mol. The Morgan fingerprint density at radius 2 is 1.83 bits per heavy atom. The Kier molecular flexibility index (Phi) is 6.20. The summed E-state index contributed by atoms with van der Waals surface area (Å²) in [5.41, 5.74) is -2.05. The summed E-state index contributed by atoms with van der Waals surface area (Å²) in [4.78, 5) is 28.4. The van der Waals surface area contributed by atoms with Gasteiger partial charge in [-0.05, 0) is 24.3 Å². The minimum atomic E-state index is -4.64. The van der Waals surface area contributed by atoms with Crippen LogP contribution in [0.1, 0.15) is 5.56 Å². The van der Waals surface area contributed by atoms with Crippen LogP contribution in [0.25, 0.3) is 5.69 Å². The van der Waals surface area contributed by atoms with Crippen molar-refractivity contribution in [2.24, 2.45) is 0 Å². The Labute approximate surface area is 170 Å². The molecule has 0 spiro atoms. The molecule has 3 rings (SSSR count). The van der Waals surface area contributed by atoms with Gasteiger partial charge >= 0.3 is 6.18 Å². The molecule has 30 heavy (non-hydrogen) atoms. The molecule has 0 unspecified atom stereocenters. The van der Waals surface area contributed by atoms with Crippen molar-refractivity contribution in [2.45, 2.75) is 11.2 Å². The number of benzene rings is 2. The highest BCUT2D eigenvalue weighted by atomic mass is 32.2. The van der Waals surface area contributed by atoms with Gasteiger partial charge in [0.05, 0.1) is 22.7 Å². The van der Waals surface area contributed by atoms with Gasteiger partial charge in [0, 0.05) is 18.5 Å². The third-order valence-electron chi connectivity index (χ3n) is 3.84. The standard InChI is InChI=1S/C19H12F5N3O2S/c20-13-6-5-11(9-14(13)21)27-8-7-25-17(18(27)29)30-10-16(28)26-15-4-2-1-3-12(15)19(22,23)24/h1-9H,10H2,(H,26,28). The molecule has 1 amide bonds. The molecule has 2 aromatic carbocycles. The van der Waals surface area contributed by atoms with Crippen molar-refractivity contribution in [1.29, 1.82) is 0 Å². The Morgan fingerprint density at radius 1 is 1.10 bits per heavy atom. The lowest BCUT2D eigenvalue weighted by atomic mass is 10.1. The van der Waals surface area contributed by atoms with Crippen LogP contribution < -0.4 is 10.9 Å². The van der Waals surface area contributed by atoms with Crippen molar-refractivity contribution >= 4 is 23.4 Å². The molecule has 1 heterocycles. The van der Waals surface area contributed by atoms with E-state index in [2.05, 4.69) is 10.3 Å². The quantitative estimate of drug-likeness (QED) is 0.475. The van der Waals surface area contributed by atoms with Gasteiger partial charge in [0.15, 0.2) is 16.7 Å². The Balaban J connectivity index is 1.75. The fraction of sp³-hybridized carbons (Fsp3) is 0.105. The second-order valence-corrected chi connectivity index (χ2v) is 6.85. The zero-order valence-electron chi connectivity index (χ0n) is 14.9. The summed E-state index contributed by atoms with van der Waals surface area (Å²) in [5, 5.41) is 2.02. The Morgan fingerprint density at radius 3 is 2.53 bits per heavy atom. The first kappa shape index (κ1) is 21.5. The zero-order valence-corrected chi connectivity index (χ0v) is 15.7. The highest BCUT2D eigenvalue weighted by Crippen LogP contribution is 2.34. The molecule has 1 aromatic heterocycles. The molecule has 0 fully saturated rings. The van der Waals surface area contributed by atoms with Gasteiger partial charge in [-0.15, -0.1) is 0 Å². The molecule has 0 saturated heterocycles. The van der Waals surface area contributed by atoms with Crippen LogP contribution in [-0.4, -0.2) is 21.2 Å². The second kappa shape index (κ2) is 8.66. The highest BCUT2D eigenvalue weighted by Gasteiger charge is 2.33. The van der Waals surface area contributed by atoms with Crippen LogP contribution in [-0.2, 0) is 11.0 Å². The number of para-hydroxylation sites is 1. The van der Waals surface area contributed by atoms with Gasteiger partial charge in [-0.3, -0.25) is 14.2 Å². The van der Waals surface area contributed by atoms with Crippen LogP contribution in [0.2, 0.25) is 0 Å². The van der Waals surface area contributed by atoms with Crippen LogP contribution in [0.3, 0.4) is 0 Å². The molecule has 0 aliphatic carbocycles. The minimum Gasteiger partial charge on any atom is -0.325 e. The molecular weight excluding hydrogens is 429 g/mol. The maximum atomic E-state index is 13.4. The van der Waals surface area contributed by atoms with E-state index >= 15 is 0 Å². The zero-order chi connectivity index (χ0) is 21.9. The number of hydrogen-bond donors (Lipinski definition) is 1. The summed E-state index contributed by atoms with van der Waals surface area (Å²) >= 11 is 0.698. The smallest absolute Gasteiger partial charge is 0.325 e. The molecule has 0 aliphatic heterocycles. The topological polar surface area (TPSA) is 64.0 Å². The molecule has 0 bridgehead atoms. The first-order valence-corrected chi connectivity index (χ1v) is 9.27. The van der Waals surface area contributed by atoms with E-state index in [1.165, 1.54) is 30.6 Å². The molecule has 11 heteroatoms. The van der Waals surface area contributed by atoms with Gasteiger partial charge in [-0.25, -0.2) is 13.8 Å². The number of carbonyl (C=O) groups is 1. The number of nitrogens with zero attached hydrogens (tertiary/aromatic N) is 2. The monoisotopic (exact) mass is 441 g/mol. The molecular formula is C19H12F5N3O2S. The van der Waals surface area contributed by atoms with Crippen LogP contribution in [0.5, 0.6) is 0 Å². The summed E-state index contributed by atoms with van der Waals surface area (Å²) in [6, 6.07) is 7.36. The number of alkyl halides is 3. The van der Waals surface area contributed by atoms with Crippen molar-refractivity contribution in [3.8, 4) is 5.69 Å². The lowest BCUT2D eigenvalue weighted by Gasteiger charge is -2.13. The first-order valence-electron chi connectivity index (χ1n) is 8.29. The molecule has 3 aromatic rings. The maximum absolute atomic E-state index is 13.4. The largest absolute Gasteiger partial charge is 0.418 e. The second-order valence-electron chi connectivity index (χ2n) is 5.89. The van der Waals surface area contributed by atoms with Gasteiger partial charge in [0.2, 0.25) is 5.91 Å². The Hall–Kier alpha value is -3.21. The third kappa shape index (κ3) is 4.85. The number of amides is 1. The van der Waals surface area contributed by atoms with Gasteiger partial charge in [-0.1, -0.05) is 23.9 Å². The van der Waals surface area contributed by atoms with Crippen LogP contribution in [0, 0.1) is 11.6 Å². The van der Waals surface area contributed by atoms with E-state index in [1.807, 2.05) is 0 Å². The average Bonchev–Trinajstić information content (AvgIpc) is 2.69. The summed E-state index contributed by atoms with van der Waals surface area (Å²) in [6.07, 6.45) is -2.18. The van der Waals surface area contributed by atoms with Gasteiger partial charge < -0.3 is 5.32 Å². The summed E-state index contributed by atoms with van der Waals surface area (Å²) < 4.78 is 66.5.